The van der Waals surface area contributed by atoms with Crippen LogP contribution in [-0.4, -0.2) is 11.7 Å². The number of carbonyl (C=O) groups is 2. The van der Waals surface area contributed by atoms with E-state index in [1.165, 1.54) is 13.1 Å². The van der Waals surface area contributed by atoms with Gasteiger partial charge in [0.25, 0.3) is 5.91 Å². The molecule has 2 aromatic carbocycles. The number of Topliss-reactive ketones (excluding diaryl/α,β-unsaturated/α-hetero) is 1. The van der Waals surface area contributed by atoms with Gasteiger partial charge >= 0.3 is 0 Å². The zero-order chi connectivity index (χ0) is 17.5. The number of nitrogens with two attached hydrogens (primary N) is 1. The maximum atomic E-state index is 12.2. The monoisotopic (exact) mass is 320 g/mol. The van der Waals surface area contributed by atoms with Crippen molar-refractivity contribution in [3.05, 3.63) is 65.9 Å². The molecule has 0 heterocycles. The molecule has 24 heavy (non-hydrogen) atoms. The van der Waals surface area contributed by atoms with Gasteiger partial charge in [0.1, 0.15) is 11.6 Å². The highest BCUT2D eigenvalue weighted by molar-refractivity contribution is 6.07. The third-order valence-electron chi connectivity index (χ3n) is 3.19. The van der Waals surface area contributed by atoms with Crippen LogP contribution < -0.4 is 16.4 Å². The third kappa shape index (κ3) is 4.45. The number of nitrogens with one attached hydrogen (secondary N) is 2. The Morgan fingerprint density at radius 2 is 1.83 bits per heavy atom. The van der Waals surface area contributed by atoms with Crippen LogP contribution in [0.3, 0.4) is 0 Å². The number of ketones is 1. The van der Waals surface area contributed by atoms with E-state index in [1.807, 2.05) is 6.07 Å². The largest absolute Gasteiger partial charge is 0.399 e. The van der Waals surface area contributed by atoms with E-state index >= 15 is 0 Å². The van der Waals surface area contributed by atoms with Crippen molar-refractivity contribution < 1.29 is 9.59 Å². The summed E-state index contributed by atoms with van der Waals surface area (Å²) in [5, 5.41) is 14.6. The normalized spacial score (nSPS) is 10.6. The lowest BCUT2D eigenvalue weighted by Gasteiger charge is -2.06. The number of rotatable bonds is 5. The summed E-state index contributed by atoms with van der Waals surface area (Å²) in [5.74, 6) is -0.673. The highest BCUT2D eigenvalue weighted by Crippen LogP contribution is 2.14. The van der Waals surface area contributed by atoms with Gasteiger partial charge in [0.15, 0.2) is 5.78 Å². The van der Waals surface area contributed by atoms with Gasteiger partial charge in [-0.05, 0) is 43.3 Å². The van der Waals surface area contributed by atoms with Crippen molar-refractivity contribution in [3.8, 4) is 6.07 Å². The smallest absolute Gasteiger partial charge is 0.267 e. The average Bonchev–Trinajstić information content (AvgIpc) is 2.57. The Balaban J connectivity index is 2.10. The van der Waals surface area contributed by atoms with Crippen LogP contribution in [0.25, 0.3) is 0 Å². The number of hydrogen-bond acceptors (Lipinski definition) is 5. The van der Waals surface area contributed by atoms with Gasteiger partial charge in [0.05, 0.1) is 0 Å². The maximum absolute atomic E-state index is 12.2. The first kappa shape index (κ1) is 16.8. The third-order valence-corrected chi connectivity index (χ3v) is 3.19. The van der Waals surface area contributed by atoms with Crippen molar-refractivity contribution >= 4 is 28.8 Å². The number of hydrogen-bond donors (Lipinski definition) is 3. The van der Waals surface area contributed by atoms with Crippen molar-refractivity contribution in [1.29, 1.82) is 5.26 Å². The summed E-state index contributed by atoms with van der Waals surface area (Å²) in [7, 11) is 0. The summed E-state index contributed by atoms with van der Waals surface area (Å²) in [4.78, 5) is 23.5. The molecule has 0 aliphatic heterocycles. The van der Waals surface area contributed by atoms with Crippen LogP contribution in [0.2, 0.25) is 0 Å². The SMILES string of the molecule is CC(=O)c1cccc(NC(=O)/C(C#N)=C\Nc2ccc(N)cc2)c1. The first-order valence-corrected chi connectivity index (χ1v) is 7.14. The maximum Gasteiger partial charge on any atom is 0.267 e. The molecular formula is C18H16N4O2. The van der Waals surface area contributed by atoms with E-state index in [4.69, 9.17) is 11.0 Å². The molecule has 0 aliphatic carbocycles. The highest BCUT2D eigenvalue weighted by Gasteiger charge is 2.10. The van der Waals surface area contributed by atoms with Crippen LogP contribution in [0, 0.1) is 11.3 Å². The second kappa shape index (κ2) is 7.61. The summed E-state index contributed by atoms with van der Waals surface area (Å²) in [6, 6.07) is 15.2. The van der Waals surface area contributed by atoms with Crippen LogP contribution in [0.1, 0.15) is 17.3 Å². The summed E-state index contributed by atoms with van der Waals surface area (Å²) >= 11 is 0. The fourth-order valence-electron chi connectivity index (χ4n) is 1.90. The molecule has 2 aromatic rings. The van der Waals surface area contributed by atoms with Gasteiger partial charge < -0.3 is 16.4 Å². The van der Waals surface area contributed by atoms with Crippen molar-refractivity contribution in [2.24, 2.45) is 0 Å². The Hall–Kier alpha value is -3.59. The van der Waals surface area contributed by atoms with Crippen molar-refractivity contribution in [2.75, 3.05) is 16.4 Å². The predicted molar refractivity (Wildman–Crippen MR) is 93.2 cm³/mol. The van der Waals surface area contributed by atoms with E-state index in [0.29, 0.717) is 22.6 Å². The zero-order valence-electron chi connectivity index (χ0n) is 13.0. The molecule has 0 atom stereocenters. The Bertz CT molecular complexity index is 833. The molecule has 6 nitrogen and oxygen atoms in total. The molecule has 0 saturated carbocycles. The Kier molecular flexibility index (Phi) is 5.32. The van der Waals surface area contributed by atoms with Crippen molar-refractivity contribution in [2.45, 2.75) is 6.92 Å². The second-order valence-electron chi connectivity index (χ2n) is 5.03. The summed E-state index contributed by atoms with van der Waals surface area (Å²) in [6.07, 6.45) is 1.32. The molecule has 0 unspecified atom stereocenters. The standard InChI is InChI=1S/C18H16N4O2/c1-12(23)13-3-2-4-17(9-13)22-18(24)14(10-19)11-21-16-7-5-15(20)6-8-16/h2-9,11,21H,20H2,1H3,(H,22,24)/b14-11-. The summed E-state index contributed by atoms with van der Waals surface area (Å²) < 4.78 is 0. The van der Waals surface area contributed by atoms with Crippen molar-refractivity contribution in [3.63, 3.8) is 0 Å². The molecule has 6 heteroatoms. The molecule has 0 spiro atoms. The lowest BCUT2D eigenvalue weighted by Crippen LogP contribution is -2.14. The lowest BCUT2D eigenvalue weighted by molar-refractivity contribution is -0.112. The molecule has 2 rings (SSSR count). The van der Waals surface area contributed by atoms with Gasteiger partial charge in [-0.2, -0.15) is 5.26 Å². The van der Waals surface area contributed by atoms with Gasteiger partial charge in [-0.15, -0.1) is 0 Å². The molecule has 120 valence electrons. The lowest BCUT2D eigenvalue weighted by atomic mass is 10.1. The molecule has 1 amide bonds. The van der Waals surface area contributed by atoms with Crippen LogP contribution in [0.4, 0.5) is 17.1 Å². The van der Waals surface area contributed by atoms with Crippen LogP contribution in [-0.2, 0) is 4.79 Å². The molecule has 0 saturated heterocycles. The van der Waals surface area contributed by atoms with E-state index in [0.717, 1.165) is 0 Å². The molecule has 0 bridgehead atoms. The Labute approximate surface area is 139 Å². The van der Waals surface area contributed by atoms with Crippen molar-refractivity contribution in [1.82, 2.24) is 0 Å². The van der Waals surface area contributed by atoms with Gasteiger partial charge in [0, 0.05) is 28.8 Å². The van der Waals surface area contributed by atoms with E-state index in [1.54, 1.807) is 48.5 Å². The average molecular weight is 320 g/mol. The number of carbonyl (C=O) groups excluding carboxylic acids is 2. The minimum absolute atomic E-state index is 0.0972. The quantitative estimate of drug-likeness (QED) is 0.340. The van der Waals surface area contributed by atoms with E-state index in [-0.39, 0.29) is 11.4 Å². The Morgan fingerprint density at radius 1 is 1.12 bits per heavy atom. The number of nitriles is 1. The van der Waals surface area contributed by atoms with Gasteiger partial charge in [-0.25, -0.2) is 0 Å². The number of nitrogens with zero attached hydrogens (tertiary/aromatic N) is 1. The fourth-order valence-corrected chi connectivity index (χ4v) is 1.90. The predicted octanol–water partition coefficient (Wildman–Crippen LogP) is 2.93. The van der Waals surface area contributed by atoms with Crippen LogP contribution in [0.15, 0.2) is 60.3 Å². The first-order chi connectivity index (χ1) is 11.5. The first-order valence-electron chi connectivity index (χ1n) is 7.14. The number of anilines is 3. The zero-order valence-corrected chi connectivity index (χ0v) is 13.0. The molecule has 0 fully saturated rings. The molecule has 0 aromatic heterocycles. The number of amides is 1. The van der Waals surface area contributed by atoms with Gasteiger partial charge in [0.2, 0.25) is 0 Å². The minimum Gasteiger partial charge on any atom is -0.399 e. The number of benzene rings is 2. The highest BCUT2D eigenvalue weighted by atomic mass is 16.1. The summed E-state index contributed by atoms with van der Waals surface area (Å²) in [5.41, 5.74) is 7.74. The van der Waals surface area contributed by atoms with E-state index in [2.05, 4.69) is 10.6 Å². The number of nitrogen functional groups attached to an aromatic ring is 1. The van der Waals surface area contributed by atoms with Crippen LogP contribution in [0.5, 0.6) is 0 Å². The fraction of sp³-hybridized carbons (Fsp3) is 0.0556. The van der Waals surface area contributed by atoms with E-state index in [9.17, 15) is 9.59 Å². The molecule has 4 N–H and O–H groups in total. The van der Waals surface area contributed by atoms with Crippen LogP contribution >= 0.6 is 0 Å². The van der Waals surface area contributed by atoms with Gasteiger partial charge in [-0.3, -0.25) is 9.59 Å². The topological polar surface area (TPSA) is 108 Å². The van der Waals surface area contributed by atoms with E-state index < -0.39 is 5.91 Å². The molecule has 0 radical (unpaired) electrons. The minimum atomic E-state index is -0.568. The summed E-state index contributed by atoms with van der Waals surface area (Å²) in [6.45, 7) is 1.44. The molecular weight excluding hydrogens is 304 g/mol. The van der Waals surface area contributed by atoms with Gasteiger partial charge in [-0.1, -0.05) is 12.1 Å². The Morgan fingerprint density at radius 3 is 2.46 bits per heavy atom. The molecule has 0 aliphatic rings. The second-order valence-corrected chi connectivity index (χ2v) is 5.03.